The molecule has 1 aliphatic rings. The van der Waals surface area contributed by atoms with Crippen molar-refractivity contribution in [2.75, 3.05) is 12.8 Å². The average molecular weight is 380 g/mol. The van der Waals surface area contributed by atoms with Crippen LogP contribution >= 0.6 is 11.8 Å². The van der Waals surface area contributed by atoms with Crippen molar-refractivity contribution in [2.24, 2.45) is 16.5 Å². The largest absolute Gasteiger partial charge is 0.417 e. The highest BCUT2D eigenvalue weighted by molar-refractivity contribution is 7.99. The monoisotopic (exact) mass is 380 g/mol. The van der Waals surface area contributed by atoms with Gasteiger partial charge in [0.05, 0.1) is 11.3 Å². The van der Waals surface area contributed by atoms with Crippen LogP contribution in [0.15, 0.2) is 46.3 Å². The first-order valence-electron chi connectivity index (χ1n) is 8.04. The Morgan fingerprint density at radius 3 is 2.62 bits per heavy atom. The fourth-order valence-electron chi connectivity index (χ4n) is 2.94. The van der Waals surface area contributed by atoms with Gasteiger partial charge in [-0.2, -0.15) is 13.2 Å². The Kier molecular flexibility index (Phi) is 4.90. The molecule has 0 radical (unpaired) electrons. The van der Waals surface area contributed by atoms with E-state index < -0.39 is 17.9 Å². The van der Waals surface area contributed by atoms with Crippen LogP contribution in [-0.2, 0) is 6.18 Å². The van der Waals surface area contributed by atoms with Crippen molar-refractivity contribution in [3.05, 3.63) is 47.5 Å². The first kappa shape index (κ1) is 18.6. The summed E-state index contributed by atoms with van der Waals surface area (Å²) in [6.45, 7) is 1.90. The van der Waals surface area contributed by atoms with Crippen LogP contribution in [0.1, 0.15) is 24.2 Å². The number of nitrogens with zero attached hydrogens (tertiary/aromatic N) is 2. The number of thioether (sulfide) groups is 1. The molecule has 4 nitrogen and oxygen atoms in total. The molecule has 0 aromatic heterocycles. The molecule has 2 aromatic carbocycles. The Morgan fingerprint density at radius 2 is 1.96 bits per heavy atom. The predicted molar refractivity (Wildman–Crippen MR) is 99.3 cm³/mol. The summed E-state index contributed by atoms with van der Waals surface area (Å²) in [4.78, 5) is 6.48. The zero-order valence-electron chi connectivity index (χ0n) is 14.3. The number of halogens is 3. The minimum absolute atomic E-state index is 0.163. The fourth-order valence-corrected chi connectivity index (χ4v) is 3.80. The van der Waals surface area contributed by atoms with Gasteiger partial charge in [0.15, 0.2) is 5.96 Å². The van der Waals surface area contributed by atoms with Crippen LogP contribution in [0, 0.1) is 0 Å². The van der Waals surface area contributed by atoms with Crippen molar-refractivity contribution in [3.8, 4) is 11.1 Å². The van der Waals surface area contributed by atoms with E-state index in [9.17, 15) is 13.2 Å². The molecule has 0 saturated heterocycles. The highest BCUT2D eigenvalue weighted by Crippen LogP contribution is 2.44. The molecule has 1 aliphatic heterocycles. The molecule has 3 rings (SSSR count). The molecule has 0 fully saturated rings. The Labute approximate surface area is 154 Å². The van der Waals surface area contributed by atoms with Crippen LogP contribution in [0.25, 0.3) is 11.1 Å². The molecule has 0 saturated carbocycles. The number of guanidine groups is 1. The highest BCUT2D eigenvalue weighted by Gasteiger charge is 2.35. The number of alkyl halides is 3. The number of fused-ring (bicyclic) bond motifs is 1. The quantitative estimate of drug-likeness (QED) is 0.778. The van der Waals surface area contributed by atoms with E-state index in [4.69, 9.17) is 11.5 Å². The standard InChI is InChI=1S/C18H19F3N4S/c1-3-26-14-6-4-5-12(18(19,20)21)15(14)10-7-8-11-13(9-10)24-17(23)25(2)16(11)22/h4-9,16H,3,22H2,1-2H3,(H2,23,24). The van der Waals surface area contributed by atoms with Crippen molar-refractivity contribution in [2.45, 2.75) is 24.2 Å². The van der Waals surface area contributed by atoms with Crippen molar-refractivity contribution >= 4 is 23.4 Å². The first-order valence-corrected chi connectivity index (χ1v) is 9.02. The topological polar surface area (TPSA) is 67.6 Å². The van der Waals surface area contributed by atoms with Gasteiger partial charge in [0, 0.05) is 23.1 Å². The number of rotatable bonds is 3. The number of benzene rings is 2. The Morgan fingerprint density at radius 1 is 1.23 bits per heavy atom. The summed E-state index contributed by atoms with van der Waals surface area (Å²) in [5, 5.41) is 0. The van der Waals surface area contributed by atoms with E-state index in [-0.39, 0.29) is 11.5 Å². The highest BCUT2D eigenvalue weighted by atomic mass is 32.2. The molecule has 8 heteroatoms. The van der Waals surface area contributed by atoms with Crippen LogP contribution in [-0.4, -0.2) is 23.7 Å². The summed E-state index contributed by atoms with van der Waals surface area (Å²) in [5.41, 5.74) is 13.2. The molecule has 2 aromatic rings. The van der Waals surface area contributed by atoms with Gasteiger partial charge in [0.2, 0.25) is 0 Å². The first-order chi connectivity index (χ1) is 12.2. The lowest BCUT2D eigenvalue weighted by Crippen LogP contribution is -2.42. The fraction of sp³-hybridized carbons (Fsp3) is 0.278. The molecule has 0 amide bonds. The zero-order valence-corrected chi connectivity index (χ0v) is 15.2. The van der Waals surface area contributed by atoms with E-state index in [2.05, 4.69) is 4.99 Å². The predicted octanol–water partition coefficient (Wildman–Crippen LogP) is 4.33. The van der Waals surface area contributed by atoms with E-state index in [0.717, 1.165) is 11.6 Å². The SMILES string of the molecule is CCSc1cccc(C(F)(F)F)c1-c1ccc2c(c1)N=C(N)N(C)C2N. The molecule has 1 unspecified atom stereocenters. The van der Waals surface area contributed by atoms with Crippen molar-refractivity contribution in [1.29, 1.82) is 0 Å². The number of hydrogen-bond acceptors (Lipinski definition) is 5. The van der Waals surface area contributed by atoms with E-state index in [1.54, 1.807) is 36.2 Å². The zero-order chi connectivity index (χ0) is 19.1. The molecule has 0 spiro atoms. The molecule has 1 heterocycles. The maximum absolute atomic E-state index is 13.6. The van der Waals surface area contributed by atoms with Gasteiger partial charge >= 0.3 is 6.18 Å². The third-order valence-electron chi connectivity index (χ3n) is 4.28. The summed E-state index contributed by atoms with van der Waals surface area (Å²) < 4.78 is 40.8. The summed E-state index contributed by atoms with van der Waals surface area (Å²) >= 11 is 1.37. The van der Waals surface area contributed by atoms with Crippen molar-refractivity contribution < 1.29 is 13.2 Å². The summed E-state index contributed by atoms with van der Waals surface area (Å²) in [6.07, 6.45) is -4.94. The van der Waals surface area contributed by atoms with Gasteiger partial charge in [-0.25, -0.2) is 4.99 Å². The van der Waals surface area contributed by atoms with E-state index in [1.165, 1.54) is 17.8 Å². The van der Waals surface area contributed by atoms with E-state index in [1.807, 2.05) is 6.92 Å². The molecule has 1 atom stereocenters. The third kappa shape index (κ3) is 3.26. The van der Waals surface area contributed by atoms with Gasteiger partial charge in [-0.05, 0) is 29.5 Å². The lowest BCUT2D eigenvalue weighted by Gasteiger charge is -2.31. The van der Waals surface area contributed by atoms with Gasteiger partial charge < -0.3 is 16.4 Å². The number of aliphatic imine (C=N–C) groups is 1. The Hall–Kier alpha value is -2.19. The third-order valence-corrected chi connectivity index (χ3v) is 5.22. The van der Waals surface area contributed by atoms with Crippen molar-refractivity contribution in [1.82, 2.24) is 4.90 Å². The van der Waals surface area contributed by atoms with Gasteiger partial charge in [-0.1, -0.05) is 25.1 Å². The lowest BCUT2D eigenvalue weighted by molar-refractivity contribution is -0.137. The second-order valence-electron chi connectivity index (χ2n) is 5.91. The van der Waals surface area contributed by atoms with Gasteiger partial charge in [0.1, 0.15) is 6.17 Å². The second-order valence-corrected chi connectivity index (χ2v) is 7.21. The van der Waals surface area contributed by atoms with E-state index in [0.29, 0.717) is 21.9 Å². The van der Waals surface area contributed by atoms with Crippen LogP contribution in [0.4, 0.5) is 18.9 Å². The molecule has 138 valence electrons. The maximum Gasteiger partial charge on any atom is 0.417 e. The second kappa shape index (κ2) is 6.85. The van der Waals surface area contributed by atoms with Crippen LogP contribution in [0.2, 0.25) is 0 Å². The molecular weight excluding hydrogens is 361 g/mol. The molecule has 4 N–H and O–H groups in total. The Balaban J connectivity index is 2.21. The molecule has 0 bridgehead atoms. The molecular formula is C18H19F3N4S. The number of hydrogen-bond donors (Lipinski definition) is 2. The molecule has 0 aliphatic carbocycles. The lowest BCUT2D eigenvalue weighted by atomic mass is 9.96. The van der Waals surface area contributed by atoms with Crippen LogP contribution in [0.5, 0.6) is 0 Å². The Bertz CT molecular complexity index is 864. The smallest absolute Gasteiger partial charge is 0.369 e. The minimum Gasteiger partial charge on any atom is -0.369 e. The van der Waals surface area contributed by atoms with E-state index >= 15 is 0 Å². The maximum atomic E-state index is 13.6. The minimum atomic E-state index is -4.45. The van der Waals surface area contributed by atoms with Gasteiger partial charge in [-0.15, -0.1) is 11.8 Å². The average Bonchev–Trinajstić information content (AvgIpc) is 2.59. The van der Waals surface area contributed by atoms with Crippen molar-refractivity contribution in [3.63, 3.8) is 0 Å². The van der Waals surface area contributed by atoms with Crippen LogP contribution in [0.3, 0.4) is 0 Å². The molecule has 26 heavy (non-hydrogen) atoms. The van der Waals surface area contributed by atoms with Gasteiger partial charge in [-0.3, -0.25) is 0 Å². The normalized spacial score (nSPS) is 17.1. The summed E-state index contributed by atoms with van der Waals surface area (Å²) in [6, 6.07) is 9.24. The van der Waals surface area contributed by atoms with Gasteiger partial charge in [0.25, 0.3) is 0 Å². The number of nitrogens with two attached hydrogens (primary N) is 2. The van der Waals surface area contributed by atoms with Crippen LogP contribution < -0.4 is 11.5 Å². The summed E-state index contributed by atoms with van der Waals surface area (Å²) in [7, 11) is 1.72. The summed E-state index contributed by atoms with van der Waals surface area (Å²) in [5.74, 6) is 0.898.